The van der Waals surface area contributed by atoms with Crippen LogP contribution in [0.4, 0.5) is 11.4 Å². The van der Waals surface area contributed by atoms with Crippen LogP contribution in [0.2, 0.25) is 0 Å². The quantitative estimate of drug-likeness (QED) is 0.284. The first-order chi connectivity index (χ1) is 17.7. The summed E-state index contributed by atoms with van der Waals surface area (Å²) in [4.78, 5) is 7.10. The minimum absolute atomic E-state index is 0. The van der Waals surface area contributed by atoms with Gasteiger partial charge in [-0.15, -0.1) is 0 Å². The first kappa shape index (κ1) is 38.6. The Bertz CT molecular complexity index is 1090. The van der Waals surface area contributed by atoms with Gasteiger partial charge in [0.15, 0.2) is 0 Å². The van der Waals surface area contributed by atoms with Gasteiger partial charge in [0.1, 0.15) is 0 Å². The minimum Gasteiger partial charge on any atom is -1.00 e. The molecule has 4 nitrogen and oxygen atoms in total. The van der Waals surface area contributed by atoms with Crippen LogP contribution in [0, 0.1) is 13.8 Å². The number of nitrogens with zero attached hydrogens (tertiary/aromatic N) is 2. The molecule has 1 aromatic heterocycles. The molecule has 0 saturated carbocycles. The number of anilines is 2. The Hall–Kier alpha value is -1.38. The molecular formula is C33H48Br2CoN4. The Morgan fingerprint density at radius 1 is 0.700 bits per heavy atom. The third-order valence-corrected chi connectivity index (χ3v) is 7.18. The Morgan fingerprint density at radius 2 is 1.23 bits per heavy atom. The molecular weight excluding hydrogens is 671 g/mol. The van der Waals surface area contributed by atoms with Crippen molar-refractivity contribution in [1.82, 2.24) is 9.88 Å². The fraction of sp³-hybridized carbons (Fsp3) is 0.485. The number of benzene rings is 2. The number of halogens is 2. The molecule has 0 amide bonds. The van der Waals surface area contributed by atoms with Crippen LogP contribution in [0.25, 0.3) is 0 Å². The van der Waals surface area contributed by atoms with Crippen molar-refractivity contribution in [2.24, 2.45) is 0 Å². The van der Waals surface area contributed by atoms with Crippen LogP contribution in [0.1, 0.15) is 92.8 Å². The van der Waals surface area contributed by atoms with E-state index in [4.69, 9.17) is 0 Å². The topological polar surface area (TPSA) is 40.2 Å². The van der Waals surface area contributed by atoms with Gasteiger partial charge in [0, 0.05) is 50.3 Å². The maximum absolute atomic E-state index is 4.60. The summed E-state index contributed by atoms with van der Waals surface area (Å²) in [5.41, 5.74) is 10.6. The molecule has 0 aliphatic carbocycles. The van der Waals surface area contributed by atoms with Crippen molar-refractivity contribution in [3.8, 4) is 0 Å². The predicted octanol–water partition coefficient (Wildman–Crippen LogP) is 2.10. The van der Waals surface area contributed by atoms with Crippen LogP contribution in [-0.4, -0.2) is 36.1 Å². The average molecular weight is 720 g/mol. The van der Waals surface area contributed by atoms with E-state index in [-0.39, 0.29) is 50.7 Å². The van der Waals surface area contributed by atoms with E-state index in [1.165, 1.54) is 39.2 Å². The van der Waals surface area contributed by atoms with Crippen molar-refractivity contribution in [2.45, 2.75) is 79.7 Å². The number of nitrogens with one attached hydrogen (secondary N) is 2. The summed E-state index contributed by atoms with van der Waals surface area (Å²) < 4.78 is 0. The number of hydrogen-bond acceptors (Lipinski definition) is 4. The zero-order valence-corrected chi connectivity index (χ0v) is 29.7. The van der Waals surface area contributed by atoms with Crippen molar-refractivity contribution < 1.29 is 50.7 Å². The molecule has 0 aliphatic rings. The van der Waals surface area contributed by atoms with Gasteiger partial charge in [0.25, 0.3) is 0 Å². The van der Waals surface area contributed by atoms with Crippen molar-refractivity contribution in [3.05, 3.63) is 88.2 Å². The van der Waals surface area contributed by atoms with Crippen LogP contribution in [0.5, 0.6) is 0 Å². The van der Waals surface area contributed by atoms with E-state index in [0.29, 0.717) is 17.8 Å². The smallest absolute Gasteiger partial charge is 1.00 e. The summed E-state index contributed by atoms with van der Waals surface area (Å²) in [6.07, 6.45) is 1.89. The normalized spacial score (nSPS) is 10.8. The molecule has 7 heteroatoms. The summed E-state index contributed by atoms with van der Waals surface area (Å²) in [5.74, 6) is 1.48. The van der Waals surface area contributed by atoms with Crippen molar-refractivity contribution in [3.63, 3.8) is 0 Å². The maximum Gasteiger partial charge on any atom is 2.00 e. The second-order valence-electron chi connectivity index (χ2n) is 11.3. The van der Waals surface area contributed by atoms with E-state index in [9.17, 15) is 0 Å². The van der Waals surface area contributed by atoms with Gasteiger partial charge in [-0.05, 0) is 71.6 Å². The van der Waals surface area contributed by atoms with Crippen LogP contribution in [0.3, 0.4) is 0 Å². The van der Waals surface area contributed by atoms with Gasteiger partial charge in [-0.3, -0.25) is 9.88 Å². The second kappa shape index (κ2) is 18.9. The fourth-order valence-corrected chi connectivity index (χ4v) is 4.92. The van der Waals surface area contributed by atoms with Gasteiger partial charge in [-0.1, -0.05) is 77.9 Å². The molecule has 0 saturated heterocycles. The zero-order valence-electron chi connectivity index (χ0n) is 25.4. The number of aromatic nitrogens is 1. The van der Waals surface area contributed by atoms with Gasteiger partial charge in [-0.2, -0.15) is 0 Å². The van der Waals surface area contributed by atoms with Crippen molar-refractivity contribution in [2.75, 3.05) is 36.8 Å². The van der Waals surface area contributed by atoms with E-state index in [1.807, 2.05) is 12.3 Å². The predicted molar refractivity (Wildman–Crippen MR) is 161 cm³/mol. The molecule has 0 fully saturated rings. The van der Waals surface area contributed by atoms with Gasteiger partial charge in [0.2, 0.25) is 0 Å². The SMILES string of the molecule is Cc1cccc(C)c1NCCN(CCNc1c(C(C)C)cc(C(C)C)cc1C(C)C)Cc1ccccn1.[Br-].[Br-].[Co+2]. The standard InChI is InChI=1S/C33H48N4.2BrH.Co/c1-23(2)28-20-30(24(3)4)33(31(21-28)25(5)6)36-17-19-37(22-29-14-9-10-15-34-29)18-16-35-32-26(7)12-11-13-27(32)8;;;/h9-15,20-21,23-25,35-36H,16-19,22H2,1-8H3;2*1H;/q;;;+2/p-2. The maximum atomic E-state index is 4.60. The molecule has 0 aliphatic heterocycles. The minimum atomic E-state index is 0. The van der Waals surface area contributed by atoms with Crippen LogP contribution in [-0.2, 0) is 23.3 Å². The summed E-state index contributed by atoms with van der Waals surface area (Å²) >= 11 is 0. The van der Waals surface area contributed by atoms with E-state index >= 15 is 0 Å². The molecule has 3 rings (SSSR count). The number of para-hydroxylation sites is 1. The van der Waals surface area contributed by atoms with Crippen LogP contribution in [0.15, 0.2) is 54.7 Å². The molecule has 0 bridgehead atoms. The molecule has 3 aromatic rings. The molecule has 0 unspecified atom stereocenters. The van der Waals surface area contributed by atoms with Gasteiger partial charge in [-0.25, -0.2) is 0 Å². The van der Waals surface area contributed by atoms with Crippen molar-refractivity contribution >= 4 is 11.4 Å². The third kappa shape index (κ3) is 11.1. The molecule has 1 radical (unpaired) electrons. The molecule has 2 aromatic carbocycles. The monoisotopic (exact) mass is 717 g/mol. The number of rotatable bonds is 13. The number of aryl methyl sites for hydroxylation is 2. The zero-order chi connectivity index (χ0) is 26.9. The second-order valence-corrected chi connectivity index (χ2v) is 11.3. The summed E-state index contributed by atoms with van der Waals surface area (Å²) in [7, 11) is 0. The largest absolute Gasteiger partial charge is 2.00 e. The molecule has 2 N–H and O–H groups in total. The molecule has 0 spiro atoms. The summed E-state index contributed by atoms with van der Waals surface area (Å²) in [6, 6.07) is 17.5. The molecule has 223 valence electrons. The fourth-order valence-electron chi connectivity index (χ4n) is 4.92. The Balaban J connectivity index is 0.00000507. The van der Waals surface area contributed by atoms with Crippen LogP contribution < -0.4 is 44.6 Å². The van der Waals surface area contributed by atoms with E-state index in [0.717, 1.165) is 38.4 Å². The number of hydrogen-bond donors (Lipinski definition) is 2. The van der Waals surface area contributed by atoms with Gasteiger partial charge in [0.05, 0.1) is 5.69 Å². The first-order valence-corrected chi connectivity index (χ1v) is 14.0. The number of pyridine rings is 1. The van der Waals surface area contributed by atoms with E-state index < -0.39 is 0 Å². The molecule has 1 heterocycles. The Kier molecular flexibility index (Phi) is 18.3. The van der Waals surface area contributed by atoms with Gasteiger partial charge >= 0.3 is 16.8 Å². The average Bonchev–Trinajstić information content (AvgIpc) is 2.85. The first-order valence-electron chi connectivity index (χ1n) is 14.0. The van der Waals surface area contributed by atoms with E-state index in [1.54, 1.807) is 0 Å². The Labute approximate surface area is 275 Å². The molecule has 40 heavy (non-hydrogen) atoms. The van der Waals surface area contributed by atoms with Crippen LogP contribution >= 0.6 is 0 Å². The van der Waals surface area contributed by atoms with Gasteiger partial charge < -0.3 is 44.6 Å². The van der Waals surface area contributed by atoms with E-state index in [2.05, 4.69) is 118 Å². The molecule has 0 atom stereocenters. The van der Waals surface area contributed by atoms with Crippen molar-refractivity contribution in [1.29, 1.82) is 0 Å². The third-order valence-electron chi connectivity index (χ3n) is 7.18. The Morgan fingerprint density at radius 3 is 1.68 bits per heavy atom. The summed E-state index contributed by atoms with van der Waals surface area (Å²) in [5, 5.41) is 7.56. The summed E-state index contributed by atoms with van der Waals surface area (Å²) in [6.45, 7) is 22.7.